The zero-order valence-corrected chi connectivity index (χ0v) is 10.5. The second-order valence-electron chi connectivity index (χ2n) is 4.08. The third-order valence-electron chi connectivity index (χ3n) is 2.44. The fraction of sp³-hybridized carbons (Fsp3) is 0.636. The van der Waals surface area contributed by atoms with Crippen molar-refractivity contribution in [2.24, 2.45) is 0 Å². The Morgan fingerprint density at radius 3 is 2.56 bits per heavy atom. The van der Waals surface area contributed by atoms with Gasteiger partial charge in [-0.15, -0.1) is 0 Å². The number of amides is 1. The zero-order chi connectivity index (χ0) is 12.3. The minimum Gasteiger partial charge on any atom is -0.444 e. The van der Waals surface area contributed by atoms with E-state index in [-0.39, 0.29) is 11.9 Å². The van der Waals surface area contributed by atoms with Gasteiger partial charge in [0.1, 0.15) is 5.76 Å². The summed E-state index contributed by atoms with van der Waals surface area (Å²) in [5.74, 6) is 1.48. The average Bonchev–Trinajstić information content (AvgIpc) is 2.53. The first-order valence-electron chi connectivity index (χ1n) is 5.29. The zero-order valence-electron chi connectivity index (χ0n) is 10.5. The first kappa shape index (κ1) is 12.7. The number of oxazole rings is 1. The molecule has 0 radical (unpaired) electrons. The van der Waals surface area contributed by atoms with Gasteiger partial charge in [0, 0.05) is 14.1 Å². The van der Waals surface area contributed by atoms with Crippen LogP contribution in [-0.2, 0) is 11.3 Å². The number of likely N-dealkylation sites (N-methyl/N-ethyl adjacent to an activating group) is 1. The number of aromatic nitrogens is 1. The molecule has 5 nitrogen and oxygen atoms in total. The summed E-state index contributed by atoms with van der Waals surface area (Å²) in [6.07, 6.45) is 0. The van der Waals surface area contributed by atoms with Crippen molar-refractivity contribution in [2.75, 3.05) is 14.1 Å². The van der Waals surface area contributed by atoms with E-state index in [1.807, 2.05) is 20.8 Å². The molecular weight excluding hydrogens is 206 g/mol. The van der Waals surface area contributed by atoms with Crippen molar-refractivity contribution < 1.29 is 9.21 Å². The Labute approximate surface area is 95.8 Å². The van der Waals surface area contributed by atoms with E-state index in [0.717, 1.165) is 11.5 Å². The van der Waals surface area contributed by atoms with Crippen LogP contribution in [0.4, 0.5) is 0 Å². The quantitative estimate of drug-likeness (QED) is 0.825. The van der Waals surface area contributed by atoms with E-state index in [1.165, 1.54) is 0 Å². The van der Waals surface area contributed by atoms with Crippen LogP contribution in [0.2, 0.25) is 0 Å². The van der Waals surface area contributed by atoms with Gasteiger partial charge < -0.3 is 9.32 Å². The lowest BCUT2D eigenvalue weighted by Gasteiger charge is -2.17. The van der Waals surface area contributed by atoms with E-state index < -0.39 is 0 Å². The van der Waals surface area contributed by atoms with Gasteiger partial charge in [0.05, 0.1) is 18.3 Å². The first-order chi connectivity index (χ1) is 7.41. The number of nitrogens with zero attached hydrogens (tertiary/aromatic N) is 2. The standard InChI is InChI=1S/C11H19N3O2/c1-7-9(3)16-10(13-7)6-12-8(2)11(15)14(4)5/h8,12H,6H2,1-5H3. The molecule has 1 amide bonds. The molecule has 1 rings (SSSR count). The molecule has 0 fully saturated rings. The highest BCUT2D eigenvalue weighted by Gasteiger charge is 2.15. The number of nitrogens with one attached hydrogen (secondary N) is 1. The molecule has 0 aliphatic heterocycles. The fourth-order valence-electron chi connectivity index (χ4n) is 1.33. The Morgan fingerprint density at radius 1 is 1.50 bits per heavy atom. The van der Waals surface area contributed by atoms with E-state index in [2.05, 4.69) is 10.3 Å². The van der Waals surface area contributed by atoms with Crippen molar-refractivity contribution in [3.05, 3.63) is 17.3 Å². The molecule has 0 aliphatic carbocycles. The van der Waals surface area contributed by atoms with Gasteiger partial charge in [0.2, 0.25) is 11.8 Å². The number of aryl methyl sites for hydroxylation is 2. The highest BCUT2D eigenvalue weighted by molar-refractivity contribution is 5.80. The van der Waals surface area contributed by atoms with Crippen LogP contribution in [-0.4, -0.2) is 35.9 Å². The average molecular weight is 225 g/mol. The molecule has 0 aromatic carbocycles. The minimum atomic E-state index is -0.234. The topological polar surface area (TPSA) is 58.4 Å². The molecule has 1 N–H and O–H groups in total. The highest BCUT2D eigenvalue weighted by atomic mass is 16.4. The molecule has 0 saturated heterocycles. The van der Waals surface area contributed by atoms with E-state index >= 15 is 0 Å². The fourth-order valence-corrected chi connectivity index (χ4v) is 1.33. The number of hydrogen-bond donors (Lipinski definition) is 1. The third-order valence-corrected chi connectivity index (χ3v) is 2.44. The molecule has 1 aromatic heterocycles. The number of hydrogen-bond acceptors (Lipinski definition) is 4. The molecule has 0 aliphatic rings. The van der Waals surface area contributed by atoms with Gasteiger partial charge in [-0.25, -0.2) is 4.98 Å². The molecule has 1 unspecified atom stereocenters. The molecule has 0 bridgehead atoms. The van der Waals surface area contributed by atoms with Gasteiger partial charge in [0.15, 0.2) is 0 Å². The van der Waals surface area contributed by atoms with Crippen molar-refractivity contribution in [1.82, 2.24) is 15.2 Å². The first-order valence-corrected chi connectivity index (χ1v) is 5.29. The number of carbonyl (C=O) groups excluding carboxylic acids is 1. The van der Waals surface area contributed by atoms with Gasteiger partial charge in [-0.3, -0.25) is 10.1 Å². The van der Waals surface area contributed by atoms with Crippen molar-refractivity contribution >= 4 is 5.91 Å². The van der Waals surface area contributed by atoms with E-state index in [1.54, 1.807) is 19.0 Å². The minimum absolute atomic E-state index is 0.0417. The van der Waals surface area contributed by atoms with Crippen molar-refractivity contribution in [3.63, 3.8) is 0 Å². The number of carbonyl (C=O) groups is 1. The monoisotopic (exact) mass is 225 g/mol. The van der Waals surface area contributed by atoms with Gasteiger partial charge >= 0.3 is 0 Å². The van der Waals surface area contributed by atoms with Crippen LogP contribution in [0.5, 0.6) is 0 Å². The van der Waals surface area contributed by atoms with Crippen molar-refractivity contribution in [2.45, 2.75) is 33.4 Å². The maximum Gasteiger partial charge on any atom is 0.238 e. The molecule has 1 aromatic rings. The second-order valence-corrected chi connectivity index (χ2v) is 4.08. The van der Waals surface area contributed by atoms with Crippen LogP contribution >= 0.6 is 0 Å². The van der Waals surface area contributed by atoms with E-state index in [4.69, 9.17) is 4.42 Å². The van der Waals surface area contributed by atoms with Crippen LogP contribution < -0.4 is 5.32 Å². The Kier molecular flexibility index (Phi) is 4.06. The normalized spacial score (nSPS) is 12.6. The third kappa shape index (κ3) is 3.06. The summed E-state index contributed by atoms with van der Waals surface area (Å²) in [6.45, 7) is 6.07. The van der Waals surface area contributed by atoms with Crippen LogP contribution in [0.25, 0.3) is 0 Å². The van der Waals surface area contributed by atoms with Crippen molar-refractivity contribution in [1.29, 1.82) is 0 Å². The largest absolute Gasteiger partial charge is 0.444 e. The summed E-state index contributed by atoms with van der Waals surface area (Å²) in [5, 5.41) is 3.07. The van der Waals surface area contributed by atoms with Gasteiger partial charge in [-0.05, 0) is 20.8 Å². The van der Waals surface area contributed by atoms with Crippen LogP contribution in [0.15, 0.2) is 4.42 Å². The Balaban J connectivity index is 2.48. The summed E-state index contributed by atoms with van der Waals surface area (Å²) in [6, 6.07) is -0.234. The summed E-state index contributed by atoms with van der Waals surface area (Å²) in [5.41, 5.74) is 0.892. The SMILES string of the molecule is Cc1nc(CNC(C)C(=O)N(C)C)oc1C. The molecule has 90 valence electrons. The predicted octanol–water partition coefficient (Wildman–Crippen LogP) is 0.858. The molecule has 1 atom stereocenters. The molecule has 0 spiro atoms. The van der Waals surface area contributed by atoms with Gasteiger partial charge in [-0.2, -0.15) is 0 Å². The summed E-state index contributed by atoms with van der Waals surface area (Å²) in [4.78, 5) is 17.3. The smallest absolute Gasteiger partial charge is 0.238 e. The van der Waals surface area contributed by atoms with E-state index in [9.17, 15) is 4.79 Å². The maximum atomic E-state index is 11.5. The lowest BCUT2D eigenvalue weighted by atomic mass is 10.3. The maximum absolute atomic E-state index is 11.5. The second kappa shape index (κ2) is 5.12. The summed E-state index contributed by atoms with van der Waals surface area (Å²) in [7, 11) is 3.47. The predicted molar refractivity (Wildman–Crippen MR) is 61.0 cm³/mol. The lowest BCUT2D eigenvalue weighted by molar-refractivity contribution is -0.130. The molecular formula is C11H19N3O2. The summed E-state index contributed by atoms with van der Waals surface area (Å²) < 4.78 is 5.41. The molecule has 0 saturated carbocycles. The van der Waals surface area contributed by atoms with Gasteiger partial charge in [-0.1, -0.05) is 0 Å². The molecule has 5 heteroatoms. The highest BCUT2D eigenvalue weighted by Crippen LogP contribution is 2.07. The van der Waals surface area contributed by atoms with Crippen LogP contribution in [0.1, 0.15) is 24.3 Å². The van der Waals surface area contributed by atoms with E-state index in [0.29, 0.717) is 12.4 Å². The Bertz CT molecular complexity index is 352. The van der Waals surface area contributed by atoms with Crippen LogP contribution in [0.3, 0.4) is 0 Å². The van der Waals surface area contributed by atoms with Crippen molar-refractivity contribution in [3.8, 4) is 0 Å². The lowest BCUT2D eigenvalue weighted by Crippen LogP contribution is -2.41. The number of rotatable bonds is 4. The molecule has 1 heterocycles. The van der Waals surface area contributed by atoms with Gasteiger partial charge in [0.25, 0.3) is 0 Å². The Morgan fingerprint density at radius 2 is 2.12 bits per heavy atom. The summed E-state index contributed by atoms with van der Waals surface area (Å²) >= 11 is 0. The van der Waals surface area contributed by atoms with Crippen LogP contribution in [0, 0.1) is 13.8 Å². The Hall–Kier alpha value is -1.36. The molecule has 16 heavy (non-hydrogen) atoms.